The molecule has 0 unspecified atom stereocenters. The predicted molar refractivity (Wildman–Crippen MR) is 70.8 cm³/mol. The average molecular weight is 233 g/mol. The first-order valence-corrected chi connectivity index (χ1v) is 6.65. The molecule has 0 spiro atoms. The summed E-state index contributed by atoms with van der Waals surface area (Å²) in [5.41, 5.74) is 1.20. The van der Waals surface area contributed by atoms with E-state index in [-0.39, 0.29) is 0 Å². The second kappa shape index (κ2) is 6.72. The minimum Gasteiger partial charge on any atom is -0.320 e. The van der Waals surface area contributed by atoms with Crippen LogP contribution in [0.2, 0.25) is 0 Å². The molecule has 2 rings (SSSR count). The number of piperidine rings is 1. The number of likely N-dealkylation sites (tertiary alicyclic amines) is 1. The van der Waals surface area contributed by atoms with Gasteiger partial charge < -0.3 is 5.32 Å². The lowest BCUT2D eigenvalue weighted by Crippen LogP contribution is -2.34. The fourth-order valence-electron chi connectivity index (χ4n) is 2.50. The van der Waals surface area contributed by atoms with Crippen LogP contribution in [0.5, 0.6) is 0 Å². The van der Waals surface area contributed by atoms with Gasteiger partial charge in [0.15, 0.2) is 0 Å². The normalized spacial score (nSPS) is 18.4. The molecule has 0 amide bonds. The molecule has 0 radical (unpaired) electrons. The van der Waals surface area contributed by atoms with E-state index in [0.717, 1.165) is 19.0 Å². The van der Waals surface area contributed by atoms with E-state index in [9.17, 15) is 0 Å². The molecule has 17 heavy (non-hydrogen) atoms. The minimum absolute atomic E-state index is 0.919. The largest absolute Gasteiger partial charge is 0.320 e. The van der Waals surface area contributed by atoms with Crippen molar-refractivity contribution in [3.8, 4) is 0 Å². The molecule has 0 saturated carbocycles. The van der Waals surface area contributed by atoms with Gasteiger partial charge in [0, 0.05) is 12.7 Å². The lowest BCUT2D eigenvalue weighted by Gasteiger charge is -2.31. The zero-order chi connectivity index (χ0) is 11.9. The highest BCUT2D eigenvalue weighted by atomic mass is 15.1. The first-order valence-electron chi connectivity index (χ1n) is 6.65. The van der Waals surface area contributed by atoms with Crippen LogP contribution in [0, 0.1) is 5.92 Å². The van der Waals surface area contributed by atoms with Gasteiger partial charge in [0.25, 0.3) is 0 Å². The van der Waals surface area contributed by atoms with Gasteiger partial charge in [-0.2, -0.15) is 0 Å². The average Bonchev–Trinajstić information content (AvgIpc) is 2.39. The summed E-state index contributed by atoms with van der Waals surface area (Å²) in [6.45, 7) is 4.63. The van der Waals surface area contributed by atoms with E-state index in [1.54, 1.807) is 0 Å². The Morgan fingerprint density at radius 3 is 2.82 bits per heavy atom. The predicted octanol–water partition coefficient (Wildman–Crippen LogP) is 1.90. The van der Waals surface area contributed by atoms with Crippen molar-refractivity contribution >= 4 is 0 Å². The molecule has 1 aliphatic heterocycles. The maximum absolute atomic E-state index is 4.39. The SMILES string of the molecule is CNCCC1CCN(Cc2ccccn2)CC1. The Hall–Kier alpha value is -0.930. The Labute approximate surface area is 104 Å². The highest BCUT2D eigenvalue weighted by Gasteiger charge is 2.18. The van der Waals surface area contributed by atoms with E-state index in [2.05, 4.69) is 27.3 Å². The summed E-state index contributed by atoms with van der Waals surface area (Å²) in [7, 11) is 2.04. The van der Waals surface area contributed by atoms with E-state index in [1.165, 1.54) is 38.0 Å². The van der Waals surface area contributed by atoms with E-state index in [0.29, 0.717) is 0 Å². The van der Waals surface area contributed by atoms with Gasteiger partial charge in [-0.1, -0.05) is 6.07 Å². The number of hydrogen-bond acceptors (Lipinski definition) is 3. The smallest absolute Gasteiger partial charge is 0.0543 e. The van der Waals surface area contributed by atoms with E-state index in [4.69, 9.17) is 0 Å². The van der Waals surface area contributed by atoms with Gasteiger partial charge >= 0.3 is 0 Å². The molecule has 1 aliphatic rings. The highest BCUT2D eigenvalue weighted by molar-refractivity contribution is 5.03. The van der Waals surface area contributed by atoms with Crippen LogP contribution in [0.25, 0.3) is 0 Å². The summed E-state index contributed by atoms with van der Waals surface area (Å²) in [6, 6.07) is 6.17. The maximum atomic E-state index is 4.39. The monoisotopic (exact) mass is 233 g/mol. The standard InChI is InChI=1S/C14H23N3/c1-15-9-5-13-6-10-17(11-7-13)12-14-4-2-3-8-16-14/h2-4,8,13,15H,5-7,9-12H2,1H3. The van der Waals surface area contributed by atoms with Crippen LogP contribution < -0.4 is 5.32 Å². The summed E-state index contributed by atoms with van der Waals surface area (Å²) < 4.78 is 0. The third-order valence-corrected chi connectivity index (χ3v) is 3.62. The Kier molecular flexibility index (Phi) is 4.95. The van der Waals surface area contributed by atoms with Crippen LogP contribution in [-0.2, 0) is 6.54 Å². The van der Waals surface area contributed by atoms with Crippen molar-refractivity contribution in [1.29, 1.82) is 0 Å². The van der Waals surface area contributed by atoms with Crippen molar-refractivity contribution in [3.63, 3.8) is 0 Å². The third-order valence-electron chi connectivity index (χ3n) is 3.62. The second-order valence-electron chi connectivity index (χ2n) is 4.93. The van der Waals surface area contributed by atoms with Crippen molar-refractivity contribution in [2.45, 2.75) is 25.8 Å². The molecule has 1 fully saturated rings. The number of nitrogens with zero attached hydrogens (tertiary/aromatic N) is 2. The van der Waals surface area contributed by atoms with Crippen LogP contribution in [0.4, 0.5) is 0 Å². The van der Waals surface area contributed by atoms with Crippen molar-refractivity contribution in [3.05, 3.63) is 30.1 Å². The lowest BCUT2D eigenvalue weighted by molar-refractivity contribution is 0.171. The first-order chi connectivity index (χ1) is 8.38. The summed E-state index contributed by atoms with van der Waals surface area (Å²) in [6.07, 6.45) is 5.89. The Morgan fingerprint density at radius 1 is 1.35 bits per heavy atom. The molecule has 1 N–H and O–H groups in total. The van der Waals surface area contributed by atoms with E-state index >= 15 is 0 Å². The molecule has 0 aromatic carbocycles. The van der Waals surface area contributed by atoms with E-state index in [1.807, 2.05) is 19.3 Å². The number of aromatic nitrogens is 1. The molecule has 1 aromatic rings. The van der Waals surface area contributed by atoms with Gasteiger partial charge in [0.05, 0.1) is 5.69 Å². The summed E-state index contributed by atoms with van der Waals surface area (Å²) in [4.78, 5) is 6.92. The van der Waals surface area contributed by atoms with Gasteiger partial charge in [-0.3, -0.25) is 9.88 Å². The fraction of sp³-hybridized carbons (Fsp3) is 0.643. The zero-order valence-electron chi connectivity index (χ0n) is 10.7. The van der Waals surface area contributed by atoms with Crippen molar-refractivity contribution in [2.75, 3.05) is 26.7 Å². The minimum atomic E-state index is 0.919. The topological polar surface area (TPSA) is 28.2 Å². The number of hydrogen-bond donors (Lipinski definition) is 1. The van der Waals surface area contributed by atoms with E-state index < -0.39 is 0 Å². The number of pyridine rings is 1. The third kappa shape index (κ3) is 4.10. The Morgan fingerprint density at radius 2 is 2.18 bits per heavy atom. The Balaban J connectivity index is 1.72. The molecule has 0 bridgehead atoms. The molecule has 3 nitrogen and oxygen atoms in total. The Bertz CT molecular complexity index is 305. The summed E-state index contributed by atoms with van der Waals surface area (Å²) >= 11 is 0. The van der Waals surface area contributed by atoms with Crippen LogP contribution in [0.3, 0.4) is 0 Å². The van der Waals surface area contributed by atoms with Crippen molar-refractivity contribution in [1.82, 2.24) is 15.2 Å². The van der Waals surface area contributed by atoms with Gasteiger partial charge in [-0.05, 0) is 64.0 Å². The van der Waals surface area contributed by atoms with Crippen LogP contribution in [0.15, 0.2) is 24.4 Å². The lowest BCUT2D eigenvalue weighted by atomic mass is 9.93. The van der Waals surface area contributed by atoms with Crippen LogP contribution in [-0.4, -0.2) is 36.6 Å². The highest BCUT2D eigenvalue weighted by Crippen LogP contribution is 2.20. The molecule has 3 heteroatoms. The number of nitrogens with one attached hydrogen (secondary N) is 1. The molecular weight excluding hydrogens is 210 g/mol. The maximum Gasteiger partial charge on any atom is 0.0543 e. The molecule has 1 saturated heterocycles. The molecule has 2 heterocycles. The molecule has 0 aliphatic carbocycles. The van der Waals surface area contributed by atoms with Crippen LogP contribution >= 0.6 is 0 Å². The summed E-state index contributed by atoms with van der Waals surface area (Å²) in [5, 5.41) is 3.24. The van der Waals surface area contributed by atoms with Gasteiger partial charge in [-0.15, -0.1) is 0 Å². The number of rotatable bonds is 5. The quantitative estimate of drug-likeness (QED) is 0.842. The fourth-order valence-corrected chi connectivity index (χ4v) is 2.50. The first kappa shape index (κ1) is 12.5. The van der Waals surface area contributed by atoms with Gasteiger partial charge in [0.2, 0.25) is 0 Å². The molecule has 1 aromatic heterocycles. The van der Waals surface area contributed by atoms with Crippen LogP contribution in [0.1, 0.15) is 25.0 Å². The van der Waals surface area contributed by atoms with Crippen molar-refractivity contribution < 1.29 is 0 Å². The van der Waals surface area contributed by atoms with Crippen molar-refractivity contribution in [2.24, 2.45) is 5.92 Å². The van der Waals surface area contributed by atoms with Gasteiger partial charge in [-0.25, -0.2) is 0 Å². The summed E-state index contributed by atoms with van der Waals surface area (Å²) in [5.74, 6) is 0.919. The molecule has 0 atom stereocenters. The van der Waals surface area contributed by atoms with Gasteiger partial charge in [0.1, 0.15) is 0 Å². The zero-order valence-corrected chi connectivity index (χ0v) is 10.7. The molecular formula is C14H23N3. The molecule has 94 valence electrons. The second-order valence-corrected chi connectivity index (χ2v) is 4.93.